The number of benzene rings is 1. The molecular formula is C18H22N4O3S. The summed E-state index contributed by atoms with van der Waals surface area (Å²) in [6, 6.07) is 7.95. The molecule has 3 rings (SSSR count). The fourth-order valence-electron chi connectivity index (χ4n) is 2.74. The summed E-state index contributed by atoms with van der Waals surface area (Å²) in [4.78, 5) is 14.4. The normalized spacial score (nSPS) is 15.0. The van der Waals surface area contributed by atoms with Gasteiger partial charge in [-0.1, -0.05) is 17.7 Å². The summed E-state index contributed by atoms with van der Waals surface area (Å²) in [6.07, 6.45) is 6.28. The van der Waals surface area contributed by atoms with E-state index in [-0.39, 0.29) is 17.3 Å². The van der Waals surface area contributed by atoms with Crippen LogP contribution in [0.2, 0.25) is 0 Å². The third-order valence-corrected chi connectivity index (χ3v) is 5.77. The summed E-state index contributed by atoms with van der Waals surface area (Å²) in [6.45, 7) is 3.91. The van der Waals surface area contributed by atoms with E-state index in [2.05, 4.69) is 9.82 Å². The molecule has 138 valence electrons. The molecule has 0 fully saturated rings. The number of nitrogens with one attached hydrogen (secondary N) is 1. The maximum atomic E-state index is 12.6. The van der Waals surface area contributed by atoms with Crippen molar-refractivity contribution in [2.75, 3.05) is 19.6 Å². The van der Waals surface area contributed by atoms with Crippen LogP contribution < -0.4 is 4.72 Å². The maximum absolute atomic E-state index is 12.6. The number of hydrogen-bond acceptors (Lipinski definition) is 4. The van der Waals surface area contributed by atoms with Gasteiger partial charge >= 0.3 is 0 Å². The predicted octanol–water partition coefficient (Wildman–Crippen LogP) is 1.65. The van der Waals surface area contributed by atoms with Crippen molar-refractivity contribution in [2.24, 2.45) is 0 Å². The van der Waals surface area contributed by atoms with Crippen molar-refractivity contribution in [2.45, 2.75) is 24.8 Å². The van der Waals surface area contributed by atoms with Crippen LogP contribution in [0.5, 0.6) is 0 Å². The molecule has 0 saturated heterocycles. The van der Waals surface area contributed by atoms with Crippen LogP contribution in [0.15, 0.2) is 59.3 Å². The highest BCUT2D eigenvalue weighted by molar-refractivity contribution is 7.89. The zero-order valence-corrected chi connectivity index (χ0v) is 15.4. The van der Waals surface area contributed by atoms with E-state index in [9.17, 15) is 13.2 Å². The molecule has 2 heterocycles. The fraction of sp³-hybridized carbons (Fsp3) is 0.333. The molecule has 2 aromatic rings. The molecule has 0 aliphatic carbocycles. The topological polar surface area (TPSA) is 84.3 Å². The molecule has 26 heavy (non-hydrogen) atoms. The zero-order chi connectivity index (χ0) is 18.6. The van der Waals surface area contributed by atoms with Crippen molar-refractivity contribution < 1.29 is 13.2 Å². The Morgan fingerprint density at radius 1 is 1.31 bits per heavy atom. The van der Waals surface area contributed by atoms with Gasteiger partial charge in [-0.15, -0.1) is 0 Å². The number of carbonyl (C=O) groups is 1. The lowest BCUT2D eigenvalue weighted by Gasteiger charge is -2.25. The van der Waals surface area contributed by atoms with Gasteiger partial charge in [0.25, 0.3) is 5.91 Å². The van der Waals surface area contributed by atoms with E-state index in [1.165, 1.54) is 17.7 Å². The molecule has 0 saturated carbocycles. The first kappa shape index (κ1) is 18.3. The number of nitrogens with zero attached hydrogens (tertiary/aromatic N) is 3. The number of amides is 1. The van der Waals surface area contributed by atoms with Crippen molar-refractivity contribution in [3.63, 3.8) is 0 Å². The molecular weight excluding hydrogens is 352 g/mol. The molecule has 1 amide bonds. The molecule has 1 aliphatic rings. The molecule has 1 aliphatic heterocycles. The Morgan fingerprint density at radius 2 is 2.15 bits per heavy atom. The van der Waals surface area contributed by atoms with Gasteiger partial charge in [0.05, 0.1) is 11.4 Å². The second-order valence-electron chi connectivity index (χ2n) is 6.25. The Bertz CT molecular complexity index is 904. The molecule has 0 unspecified atom stereocenters. The second kappa shape index (κ2) is 7.84. The van der Waals surface area contributed by atoms with Gasteiger partial charge in [-0.2, -0.15) is 5.10 Å². The van der Waals surface area contributed by atoms with Gasteiger partial charge < -0.3 is 4.90 Å². The minimum atomic E-state index is -3.68. The van der Waals surface area contributed by atoms with Gasteiger partial charge in [0.1, 0.15) is 0 Å². The lowest BCUT2D eigenvalue weighted by atomic mass is 10.1. The summed E-state index contributed by atoms with van der Waals surface area (Å²) in [5.74, 6) is -0.151. The van der Waals surface area contributed by atoms with E-state index in [1.807, 2.05) is 13.0 Å². The van der Waals surface area contributed by atoms with Gasteiger partial charge in [0, 0.05) is 37.6 Å². The van der Waals surface area contributed by atoms with Crippen molar-refractivity contribution in [3.8, 4) is 0 Å². The molecule has 1 aromatic heterocycles. The molecule has 1 aromatic carbocycles. The summed E-state index contributed by atoms with van der Waals surface area (Å²) < 4.78 is 29.1. The Labute approximate surface area is 153 Å². The van der Waals surface area contributed by atoms with Crippen LogP contribution in [-0.4, -0.2) is 48.6 Å². The van der Waals surface area contributed by atoms with Gasteiger partial charge in [0.15, 0.2) is 0 Å². The Morgan fingerprint density at radius 3 is 2.85 bits per heavy atom. The van der Waals surface area contributed by atoms with Crippen LogP contribution in [0.25, 0.3) is 0 Å². The van der Waals surface area contributed by atoms with E-state index in [0.29, 0.717) is 25.2 Å². The average molecular weight is 374 g/mol. The van der Waals surface area contributed by atoms with Crippen molar-refractivity contribution in [3.05, 3.63) is 59.9 Å². The van der Waals surface area contributed by atoms with Crippen LogP contribution >= 0.6 is 0 Å². The van der Waals surface area contributed by atoms with Crippen molar-refractivity contribution in [1.29, 1.82) is 0 Å². The van der Waals surface area contributed by atoms with Crippen LogP contribution in [0.4, 0.5) is 0 Å². The Hall–Kier alpha value is -2.45. The van der Waals surface area contributed by atoms with Gasteiger partial charge in [-0.05, 0) is 37.6 Å². The third-order valence-electron chi connectivity index (χ3n) is 4.31. The van der Waals surface area contributed by atoms with Crippen LogP contribution in [0, 0.1) is 0 Å². The monoisotopic (exact) mass is 374 g/mol. The molecule has 0 spiro atoms. The molecule has 0 atom stereocenters. The largest absolute Gasteiger partial charge is 0.335 e. The number of sulfonamides is 1. The van der Waals surface area contributed by atoms with Crippen LogP contribution in [0.1, 0.15) is 23.7 Å². The van der Waals surface area contributed by atoms with Crippen molar-refractivity contribution >= 4 is 15.9 Å². The number of rotatable bonds is 6. The molecule has 7 nitrogen and oxygen atoms in total. The summed E-state index contributed by atoms with van der Waals surface area (Å²) in [7, 11) is -3.68. The zero-order valence-electron chi connectivity index (χ0n) is 14.6. The molecule has 0 radical (unpaired) electrons. The highest BCUT2D eigenvalue weighted by atomic mass is 32.2. The number of aromatic nitrogens is 2. The second-order valence-corrected chi connectivity index (χ2v) is 8.01. The third kappa shape index (κ3) is 4.39. The number of hydrogen-bond donors (Lipinski definition) is 1. The predicted molar refractivity (Wildman–Crippen MR) is 98.1 cm³/mol. The van der Waals surface area contributed by atoms with E-state index >= 15 is 0 Å². The van der Waals surface area contributed by atoms with Crippen LogP contribution in [-0.2, 0) is 16.6 Å². The van der Waals surface area contributed by atoms with Gasteiger partial charge in [-0.3, -0.25) is 9.48 Å². The Balaban J connectivity index is 1.68. The summed E-state index contributed by atoms with van der Waals surface area (Å²) >= 11 is 0. The van der Waals surface area contributed by atoms with E-state index in [0.717, 1.165) is 6.42 Å². The van der Waals surface area contributed by atoms with E-state index < -0.39 is 10.0 Å². The van der Waals surface area contributed by atoms with E-state index in [1.54, 1.807) is 40.2 Å². The molecule has 8 heteroatoms. The Kier molecular flexibility index (Phi) is 5.53. The maximum Gasteiger partial charge on any atom is 0.254 e. The van der Waals surface area contributed by atoms with E-state index in [4.69, 9.17) is 0 Å². The lowest BCUT2D eigenvalue weighted by molar-refractivity contribution is 0.0769. The van der Waals surface area contributed by atoms with Gasteiger partial charge in [0.2, 0.25) is 10.0 Å². The van der Waals surface area contributed by atoms with Gasteiger partial charge in [-0.25, -0.2) is 13.1 Å². The lowest BCUT2D eigenvalue weighted by Crippen LogP contribution is -2.34. The fourth-order valence-corrected chi connectivity index (χ4v) is 3.81. The smallest absolute Gasteiger partial charge is 0.254 e. The quantitative estimate of drug-likeness (QED) is 0.780. The summed E-state index contributed by atoms with van der Waals surface area (Å²) in [5, 5.41) is 4.03. The minimum Gasteiger partial charge on any atom is -0.335 e. The standard InChI is InChI=1S/C18H22N4O3S/c1-15-6-11-21(12-7-15)18(23)16-4-2-5-17(14-16)26(24,25)20-9-13-22-10-3-8-19-22/h2-6,8,10,14,20H,7,9,11-13H2,1H3. The van der Waals surface area contributed by atoms with Crippen LogP contribution in [0.3, 0.4) is 0 Å². The highest BCUT2D eigenvalue weighted by Gasteiger charge is 2.20. The SMILES string of the molecule is CC1=CCN(C(=O)c2cccc(S(=O)(=O)NCCn3cccn3)c2)CC1. The first-order valence-electron chi connectivity index (χ1n) is 8.48. The highest BCUT2D eigenvalue weighted by Crippen LogP contribution is 2.16. The number of carbonyl (C=O) groups excluding carboxylic acids is 1. The first-order chi connectivity index (χ1) is 12.5. The minimum absolute atomic E-state index is 0.0903. The average Bonchev–Trinajstić information content (AvgIpc) is 3.15. The molecule has 1 N–H and O–H groups in total. The van der Waals surface area contributed by atoms with Crippen molar-refractivity contribution in [1.82, 2.24) is 19.4 Å². The first-order valence-corrected chi connectivity index (χ1v) is 9.96. The molecule has 0 bridgehead atoms. The summed E-state index contributed by atoms with van der Waals surface area (Å²) in [5.41, 5.74) is 1.65.